The minimum atomic E-state index is -3.69. The summed E-state index contributed by atoms with van der Waals surface area (Å²) in [5, 5.41) is 0. The summed E-state index contributed by atoms with van der Waals surface area (Å²) in [7, 11) is 0.171. The van der Waals surface area contributed by atoms with Crippen LogP contribution >= 0.6 is 0 Å². The van der Waals surface area contributed by atoms with E-state index in [1.807, 2.05) is 32.8 Å². The zero-order chi connectivity index (χ0) is 15.5. The third kappa shape index (κ3) is 19.6. The van der Waals surface area contributed by atoms with Crippen molar-refractivity contribution < 1.29 is 22.5 Å². The number of carbonyl (C=O) groups is 1. The van der Waals surface area contributed by atoms with Crippen LogP contribution in [0.15, 0.2) is 12.7 Å². The zero-order valence-corrected chi connectivity index (χ0v) is 12.9. The Hall–Kier alpha value is -0.920. The fourth-order valence-corrected chi connectivity index (χ4v) is 1.78. The molecule has 0 saturated carbocycles. The molecule has 0 heterocycles. The average molecular weight is 295 g/mol. The van der Waals surface area contributed by atoms with Crippen molar-refractivity contribution in [1.29, 1.82) is 0 Å². The molecule has 114 valence electrons. The summed E-state index contributed by atoms with van der Waals surface area (Å²) in [6.45, 7) is 7.76. The summed E-state index contributed by atoms with van der Waals surface area (Å²) in [4.78, 5) is 12.6. The Bertz CT molecular complexity index is 351. The Kier molecular flexibility index (Phi) is 11.8. The minimum Gasteiger partial charge on any atom is -0.458 e. The van der Waals surface area contributed by atoms with Gasteiger partial charge in [-0.05, 0) is 27.4 Å². The van der Waals surface area contributed by atoms with Gasteiger partial charge in [-0.1, -0.05) is 19.9 Å². The molecule has 0 saturated heterocycles. The van der Waals surface area contributed by atoms with Crippen molar-refractivity contribution in [3.8, 4) is 0 Å². The Morgan fingerprint density at radius 1 is 1.47 bits per heavy atom. The van der Waals surface area contributed by atoms with E-state index in [0.717, 1.165) is 13.0 Å². The Balaban J connectivity index is 0. The largest absolute Gasteiger partial charge is 0.458 e. The van der Waals surface area contributed by atoms with Crippen LogP contribution < -0.4 is 0 Å². The smallest absolute Gasteiger partial charge is 0.330 e. The molecule has 0 aromatic carbocycles. The van der Waals surface area contributed by atoms with E-state index >= 15 is 0 Å². The molecule has 7 heteroatoms. The van der Waals surface area contributed by atoms with Crippen molar-refractivity contribution in [3.05, 3.63) is 12.7 Å². The molecule has 0 aliphatic carbocycles. The van der Waals surface area contributed by atoms with Crippen LogP contribution in [0.2, 0.25) is 0 Å². The number of hydrogen-bond acceptors (Lipinski definition) is 5. The molecule has 0 radical (unpaired) electrons. The van der Waals surface area contributed by atoms with Gasteiger partial charge in [-0.25, -0.2) is 4.79 Å². The van der Waals surface area contributed by atoms with Gasteiger partial charge in [-0.15, -0.1) is 0 Å². The molecule has 0 aliphatic rings. The highest BCUT2D eigenvalue weighted by Crippen LogP contribution is 1.93. The van der Waals surface area contributed by atoms with Crippen molar-refractivity contribution in [3.63, 3.8) is 0 Å². The molecule has 0 rings (SSSR count). The molecule has 6 nitrogen and oxygen atoms in total. The highest BCUT2D eigenvalue weighted by molar-refractivity contribution is 7.85. The fraction of sp³-hybridized carbons (Fsp3) is 0.750. The highest BCUT2D eigenvalue weighted by atomic mass is 32.2. The van der Waals surface area contributed by atoms with Crippen molar-refractivity contribution in [1.82, 2.24) is 4.90 Å². The number of hydrogen-bond donors (Lipinski definition) is 1. The van der Waals surface area contributed by atoms with Gasteiger partial charge in [0, 0.05) is 12.6 Å². The Morgan fingerprint density at radius 2 is 2.00 bits per heavy atom. The number of rotatable bonds is 7. The van der Waals surface area contributed by atoms with E-state index in [4.69, 9.17) is 9.29 Å². The van der Waals surface area contributed by atoms with Gasteiger partial charge in [0.1, 0.15) is 6.10 Å². The lowest BCUT2D eigenvalue weighted by Crippen LogP contribution is -2.27. The first kappa shape index (κ1) is 20.4. The second-order valence-corrected chi connectivity index (χ2v) is 5.93. The lowest BCUT2D eigenvalue weighted by atomic mass is 10.4. The standard InChI is InChI=1S/C8H15NO2.C4H10O3S/c1-5-8(10)11-7(2)6-9(3)4;1-2-3-4-8(5,6)7/h5,7H,1,6H2,2-4H3;2-4H2,1H3,(H,5,6,7). The quantitative estimate of drug-likeness (QED) is 0.433. The van der Waals surface area contributed by atoms with E-state index in [-0.39, 0.29) is 17.8 Å². The van der Waals surface area contributed by atoms with E-state index in [1.54, 1.807) is 0 Å². The maximum absolute atomic E-state index is 10.6. The summed E-state index contributed by atoms with van der Waals surface area (Å²) in [6, 6.07) is 0. The Labute approximate surface area is 116 Å². The summed E-state index contributed by atoms with van der Waals surface area (Å²) in [5.74, 6) is -0.469. The van der Waals surface area contributed by atoms with Crippen molar-refractivity contribution in [2.24, 2.45) is 0 Å². The molecule has 0 aromatic heterocycles. The van der Waals surface area contributed by atoms with Gasteiger partial charge >= 0.3 is 5.97 Å². The van der Waals surface area contributed by atoms with Gasteiger partial charge in [-0.2, -0.15) is 8.42 Å². The Morgan fingerprint density at radius 3 is 2.26 bits per heavy atom. The molecule has 1 N–H and O–H groups in total. The molecule has 1 atom stereocenters. The van der Waals surface area contributed by atoms with Crippen LogP contribution in [0.25, 0.3) is 0 Å². The number of carbonyl (C=O) groups excluding carboxylic acids is 1. The van der Waals surface area contributed by atoms with E-state index in [1.165, 1.54) is 6.08 Å². The fourth-order valence-electron chi connectivity index (χ4n) is 1.12. The molecule has 0 amide bonds. The molecule has 0 aromatic rings. The molecule has 0 fully saturated rings. The van der Waals surface area contributed by atoms with E-state index in [2.05, 4.69) is 6.58 Å². The zero-order valence-electron chi connectivity index (χ0n) is 12.1. The third-order valence-electron chi connectivity index (χ3n) is 1.86. The average Bonchev–Trinajstić information content (AvgIpc) is 2.24. The van der Waals surface area contributed by atoms with Gasteiger partial charge in [0.05, 0.1) is 5.75 Å². The molecule has 0 aliphatic heterocycles. The first-order chi connectivity index (χ1) is 8.62. The molecule has 0 spiro atoms. The minimum absolute atomic E-state index is 0.0736. The van der Waals surface area contributed by atoms with Crippen molar-refractivity contribution in [2.75, 3.05) is 26.4 Å². The number of esters is 1. The predicted octanol–water partition coefficient (Wildman–Crippen LogP) is 1.34. The SMILES string of the molecule is C=CC(=O)OC(C)CN(C)C.CCCCS(=O)(=O)O. The topological polar surface area (TPSA) is 83.9 Å². The second-order valence-electron chi connectivity index (χ2n) is 4.35. The van der Waals surface area contributed by atoms with Gasteiger partial charge in [0.2, 0.25) is 0 Å². The van der Waals surface area contributed by atoms with Crippen LogP contribution in [0, 0.1) is 0 Å². The third-order valence-corrected chi connectivity index (χ3v) is 2.67. The lowest BCUT2D eigenvalue weighted by molar-refractivity contribution is -0.142. The van der Waals surface area contributed by atoms with Crippen LogP contribution in [-0.4, -0.2) is 56.3 Å². The van der Waals surface area contributed by atoms with Gasteiger partial charge in [0.25, 0.3) is 10.1 Å². The van der Waals surface area contributed by atoms with Crippen LogP contribution in [0.5, 0.6) is 0 Å². The number of ether oxygens (including phenoxy) is 1. The molecule has 1 unspecified atom stereocenters. The first-order valence-electron chi connectivity index (χ1n) is 6.05. The van der Waals surface area contributed by atoms with E-state index in [9.17, 15) is 13.2 Å². The second kappa shape index (κ2) is 11.0. The first-order valence-corrected chi connectivity index (χ1v) is 7.66. The maximum Gasteiger partial charge on any atom is 0.330 e. The molecule has 0 bridgehead atoms. The summed E-state index contributed by atoms with van der Waals surface area (Å²) >= 11 is 0. The van der Waals surface area contributed by atoms with Crippen LogP contribution in [-0.2, 0) is 19.6 Å². The van der Waals surface area contributed by atoms with Gasteiger partial charge in [-0.3, -0.25) is 4.55 Å². The molecule has 19 heavy (non-hydrogen) atoms. The normalized spacial score (nSPS) is 12.3. The number of likely N-dealkylation sites (N-methyl/N-ethyl adjacent to an activating group) is 1. The van der Waals surface area contributed by atoms with E-state index < -0.39 is 10.1 Å². The number of nitrogens with zero attached hydrogens (tertiary/aromatic N) is 1. The summed E-state index contributed by atoms with van der Waals surface area (Å²) in [5.41, 5.74) is 0. The van der Waals surface area contributed by atoms with Gasteiger partial charge in [0.15, 0.2) is 0 Å². The van der Waals surface area contributed by atoms with Crippen LogP contribution in [0.4, 0.5) is 0 Å². The van der Waals surface area contributed by atoms with E-state index in [0.29, 0.717) is 6.42 Å². The van der Waals surface area contributed by atoms with Gasteiger partial charge < -0.3 is 9.64 Å². The van der Waals surface area contributed by atoms with Crippen molar-refractivity contribution >= 4 is 16.1 Å². The highest BCUT2D eigenvalue weighted by Gasteiger charge is 2.06. The van der Waals surface area contributed by atoms with Crippen molar-refractivity contribution in [2.45, 2.75) is 32.8 Å². The maximum atomic E-state index is 10.6. The molecular formula is C12H25NO5S. The summed E-state index contributed by atoms with van der Waals surface area (Å²) in [6.07, 6.45) is 2.43. The van der Waals surface area contributed by atoms with Crippen LogP contribution in [0.1, 0.15) is 26.7 Å². The lowest BCUT2D eigenvalue weighted by Gasteiger charge is -2.16. The summed E-state index contributed by atoms with van der Waals surface area (Å²) < 4.78 is 32.9. The molecular weight excluding hydrogens is 270 g/mol. The van der Waals surface area contributed by atoms with Crippen LogP contribution in [0.3, 0.4) is 0 Å². The monoisotopic (exact) mass is 295 g/mol. The predicted molar refractivity (Wildman–Crippen MR) is 75.6 cm³/mol. The number of unbranched alkanes of at least 4 members (excludes halogenated alkanes) is 1.